The lowest BCUT2D eigenvalue weighted by Crippen LogP contribution is -2.19. The van der Waals surface area contributed by atoms with Crippen LogP contribution in [-0.2, 0) is 17.0 Å². The van der Waals surface area contributed by atoms with E-state index >= 15 is 0 Å². The minimum Gasteiger partial charge on any atom is -0.396 e. The second kappa shape index (κ2) is 7.68. The molecule has 0 fully saturated rings. The van der Waals surface area contributed by atoms with E-state index in [4.69, 9.17) is 5.11 Å². The van der Waals surface area contributed by atoms with Crippen molar-refractivity contribution in [2.24, 2.45) is 5.92 Å². The number of carbonyl (C=O) groups is 1. The maximum absolute atomic E-state index is 11.2. The first kappa shape index (κ1) is 14.5. The highest BCUT2D eigenvalue weighted by Crippen LogP contribution is 2.18. The van der Waals surface area contributed by atoms with Crippen molar-refractivity contribution in [3.63, 3.8) is 0 Å². The molecule has 0 spiro atoms. The third-order valence-electron chi connectivity index (χ3n) is 2.15. The van der Waals surface area contributed by atoms with Gasteiger partial charge in [0, 0.05) is 24.8 Å². The smallest absolute Gasteiger partial charge is 0.226 e. The van der Waals surface area contributed by atoms with Crippen LogP contribution in [-0.4, -0.2) is 35.4 Å². The van der Waals surface area contributed by atoms with Crippen LogP contribution in [0.15, 0.2) is 5.38 Å². The lowest BCUT2D eigenvalue weighted by atomic mass is 10.2. The Hall–Kier alpha value is -0.590. The molecule has 1 heterocycles. The highest BCUT2D eigenvalue weighted by atomic mass is 32.2. The molecule has 2 N–H and O–H groups in total. The van der Waals surface area contributed by atoms with Gasteiger partial charge < -0.3 is 10.4 Å². The van der Waals surface area contributed by atoms with E-state index in [1.807, 2.05) is 12.3 Å². The van der Waals surface area contributed by atoms with Gasteiger partial charge in [0.1, 0.15) is 5.01 Å². The number of carbonyl (C=O) groups excluding carboxylic acids is 1. The molecule has 0 aromatic carbocycles. The average molecular weight is 274 g/mol. The number of nitrogens with zero attached hydrogens (tertiary/aromatic N) is 1. The van der Waals surface area contributed by atoms with Crippen molar-refractivity contribution in [1.29, 1.82) is 0 Å². The van der Waals surface area contributed by atoms with Crippen LogP contribution in [0.25, 0.3) is 0 Å². The lowest BCUT2D eigenvalue weighted by Gasteiger charge is -2.05. The number of amides is 1. The van der Waals surface area contributed by atoms with Crippen LogP contribution in [0.3, 0.4) is 0 Å². The second-order valence-corrected chi connectivity index (χ2v) is 5.86. The summed E-state index contributed by atoms with van der Waals surface area (Å²) in [5.41, 5.74) is 1.02. The summed E-state index contributed by atoms with van der Waals surface area (Å²) in [5.74, 6) is 2.09. The maximum atomic E-state index is 11.2. The van der Waals surface area contributed by atoms with Gasteiger partial charge in [0.15, 0.2) is 0 Å². The molecule has 1 unspecified atom stereocenters. The van der Waals surface area contributed by atoms with E-state index in [2.05, 4.69) is 10.3 Å². The summed E-state index contributed by atoms with van der Waals surface area (Å²) in [4.78, 5) is 15.6. The number of nitrogens with one attached hydrogen (secondary N) is 1. The third-order valence-corrected chi connectivity index (χ3v) is 4.36. The monoisotopic (exact) mass is 274 g/mol. The molecule has 0 aliphatic heterocycles. The number of aromatic nitrogens is 1. The highest BCUT2D eigenvalue weighted by molar-refractivity contribution is 7.98. The van der Waals surface area contributed by atoms with Gasteiger partial charge in [-0.25, -0.2) is 4.98 Å². The van der Waals surface area contributed by atoms with Gasteiger partial charge in [-0.1, -0.05) is 6.92 Å². The summed E-state index contributed by atoms with van der Waals surface area (Å²) < 4.78 is 0. The van der Waals surface area contributed by atoms with Crippen LogP contribution in [0, 0.1) is 5.92 Å². The Kier molecular flexibility index (Phi) is 6.54. The zero-order chi connectivity index (χ0) is 12.7. The van der Waals surface area contributed by atoms with Gasteiger partial charge in [-0.2, -0.15) is 11.8 Å². The van der Waals surface area contributed by atoms with Gasteiger partial charge in [0.05, 0.1) is 12.1 Å². The number of likely N-dealkylation sites (N-methyl/N-ethyl adjacent to an activating group) is 1. The minimum absolute atomic E-state index is 0.00699. The molecule has 0 aliphatic rings. The van der Waals surface area contributed by atoms with Crippen LogP contribution in [0.5, 0.6) is 0 Å². The number of aliphatic hydroxyl groups excluding tert-OH is 1. The van der Waals surface area contributed by atoms with Gasteiger partial charge >= 0.3 is 0 Å². The first-order chi connectivity index (χ1) is 8.15. The normalized spacial score (nSPS) is 12.4. The second-order valence-electron chi connectivity index (χ2n) is 3.89. The number of aliphatic hydroxyl groups is 1. The maximum Gasteiger partial charge on any atom is 0.226 e. The molecular weight excluding hydrogens is 256 g/mol. The largest absolute Gasteiger partial charge is 0.396 e. The Morgan fingerprint density at radius 1 is 1.71 bits per heavy atom. The van der Waals surface area contributed by atoms with Crippen LogP contribution < -0.4 is 5.32 Å². The van der Waals surface area contributed by atoms with Crippen molar-refractivity contribution in [3.8, 4) is 0 Å². The summed E-state index contributed by atoms with van der Waals surface area (Å²) in [7, 11) is 1.63. The van der Waals surface area contributed by atoms with Crippen molar-refractivity contribution in [3.05, 3.63) is 16.1 Å². The van der Waals surface area contributed by atoms with Crippen LogP contribution >= 0.6 is 23.1 Å². The summed E-state index contributed by atoms with van der Waals surface area (Å²) in [6, 6.07) is 0. The molecule has 6 heteroatoms. The van der Waals surface area contributed by atoms with Crippen molar-refractivity contribution >= 4 is 29.0 Å². The molecule has 96 valence electrons. The van der Waals surface area contributed by atoms with Gasteiger partial charge in [-0.05, 0) is 11.7 Å². The highest BCUT2D eigenvalue weighted by Gasteiger charge is 2.07. The van der Waals surface area contributed by atoms with Crippen LogP contribution in [0.4, 0.5) is 0 Å². The quantitative estimate of drug-likeness (QED) is 0.786. The first-order valence-corrected chi connectivity index (χ1v) is 7.51. The number of thioether (sulfide) groups is 1. The molecule has 1 amide bonds. The van der Waals surface area contributed by atoms with Crippen molar-refractivity contribution in [1.82, 2.24) is 10.3 Å². The molecule has 1 rings (SSSR count). The minimum atomic E-state index is -0.00699. The van der Waals surface area contributed by atoms with Crippen LogP contribution in [0.1, 0.15) is 17.6 Å². The molecular formula is C11H18N2O2S2. The zero-order valence-corrected chi connectivity index (χ0v) is 11.7. The van der Waals surface area contributed by atoms with E-state index in [9.17, 15) is 4.79 Å². The molecule has 1 atom stereocenters. The van der Waals surface area contributed by atoms with E-state index < -0.39 is 0 Å². The lowest BCUT2D eigenvalue weighted by molar-refractivity contribution is -0.119. The Morgan fingerprint density at radius 3 is 3.12 bits per heavy atom. The molecule has 0 saturated carbocycles. The topological polar surface area (TPSA) is 62.2 Å². The first-order valence-electron chi connectivity index (χ1n) is 5.48. The fraction of sp³-hybridized carbons (Fsp3) is 0.636. The van der Waals surface area contributed by atoms with Gasteiger partial charge in [-0.15, -0.1) is 11.3 Å². The molecule has 0 bridgehead atoms. The van der Waals surface area contributed by atoms with E-state index in [1.54, 1.807) is 18.8 Å². The third kappa shape index (κ3) is 5.52. The van der Waals surface area contributed by atoms with Crippen molar-refractivity contribution in [2.75, 3.05) is 19.4 Å². The number of rotatable bonds is 7. The van der Waals surface area contributed by atoms with Gasteiger partial charge in [-0.3, -0.25) is 4.79 Å². The average Bonchev–Trinajstić information content (AvgIpc) is 2.76. The molecule has 0 saturated heterocycles. The summed E-state index contributed by atoms with van der Waals surface area (Å²) in [5, 5.41) is 14.3. The van der Waals surface area contributed by atoms with Gasteiger partial charge in [0.25, 0.3) is 0 Å². The predicted molar refractivity (Wildman–Crippen MR) is 72.3 cm³/mol. The molecule has 17 heavy (non-hydrogen) atoms. The SMILES string of the molecule is CNC(=O)Cc1nc(CSCC(C)CO)cs1. The standard InChI is InChI=1S/C11H18N2O2S2/c1-8(4-14)5-16-6-9-7-17-11(13-9)3-10(15)12-2/h7-8,14H,3-6H2,1-2H3,(H,12,15). The Labute approximate surface area is 110 Å². The van der Waals surface area contributed by atoms with E-state index in [1.165, 1.54) is 11.3 Å². The Balaban J connectivity index is 2.33. The molecule has 4 nitrogen and oxygen atoms in total. The number of hydrogen-bond donors (Lipinski definition) is 2. The summed E-state index contributed by atoms with van der Waals surface area (Å²) >= 11 is 3.28. The zero-order valence-electron chi connectivity index (χ0n) is 10.1. The predicted octanol–water partition coefficient (Wildman–Crippen LogP) is 1.29. The fourth-order valence-electron chi connectivity index (χ4n) is 1.14. The summed E-state index contributed by atoms with van der Waals surface area (Å²) in [6.07, 6.45) is 0.360. The van der Waals surface area contributed by atoms with E-state index in [0.717, 1.165) is 22.2 Å². The fourth-order valence-corrected chi connectivity index (χ4v) is 3.02. The Morgan fingerprint density at radius 2 is 2.47 bits per heavy atom. The molecule has 1 aromatic rings. The van der Waals surface area contributed by atoms with Crippen molar-refractivity contribution < 1.29 is 9.90 Å². The van der Waals surface area contributed by atoms with Crippen molar-refractivity contribution in [2.45, 2.75) is 19.1 Å². The van der Waals surface area contributed by atoms with E-state index in [-0.39, 0.29) is 12.5 Å². The summed E-state index contributed by atoms with van der Waals surface area (Å²) in [6.45, 7) is 2.25. The number of thiazole rings is 1. The van der Waals surface area contributed by atoms with E-state index in [0.29, 0.717) is 12.3 Å². The number of hydrogen-bond acceptors (Lipinski definition) is 5. The molecule has 0 aliphatic carbocycles. The Bertz CT molecular complexity index is 355. The van der Waals surface area contributed by atoms with Gasteiger partial charge in [0.2, 0.25) is 5.91 Å². The van der Waals surface area contributed by atoms with Crippen LogP contribution in [0.2, 0.25) is 0 Å². The molecule has 0 radical (unpaired) electrons. The molecule has 1 aromatic heterocycles.